The van der Waals surface area contributed by atoms with Crippen LogP contribution in [0.2, 0.25) is 10.0 Å². The Hall–Kier alpha value is -1.22. The predicted molar refractivity (Wildman–Crippen MR) is 89.7 cm³/mol. The third-order valence-corrected chi connectivity index (χ3v) is 3.67. The van der Waals surface area contributed by atoms with Crippen molar-refractivity contribution in [1.29, 1.82) is 0 Å². The molecule has 0 unspecified atom stereocenters. The third-order valence-electron chi connectivity index (χ3n) is 3.12. The van der Waals surface area contributed by atoms with Gasteiger partial charge in [0.05, 0.1) is 5.02 Å². The third kappa shape index (κ3) is 4.63. The Labute approximate surface area is 136 Å². The van der Waals surface area contributed by atoms with Crippen LogP contribution < -0.4 is 10.1 Å². The summed E-state index contributed by atoms with van der Waals surface area (Å²) in [5.41, 5.74) is 2.24. The fourth-order valence-corrected chi connectivity index (χ4v) is 2.27. The zero-order chi connectivity index (χ0) is 15.2. The van der Waals surface area contributed by atoms with Gasteiger partial charge in [0.15, 0.2) is 0 Å². The molecule has 0 heterocycles. The molecule has 0 aliphatic carbocycles. The maximum atomic E-state index is 6.14. The molecule has 21 heavy (non-hydrogen) atoms. The number of nitrogens with one attached hydrogen (secondary N) is 1. The van der Waals surface area contributed by atoms with Crippen molar-refractivity contribution in [1.82, 2.24) is 5.32 Å². The first kappa shape index (κ1) is 16.2. The molecule has 0 bridgehead atoms. The van der Waals surface area contributed by atoms with Gasteiger partial charge in [-0.3, -0.25) is 0 Å². The molecule has 1 N–H and O–H groups in total. The molecule has 2 aromatic carbocycles. The number of halogens is 2. The zero-order valence-electron chi connectivity index (χ0n) is 12.2. The SMILES string of the molecule is CCCNCc1ccc(C)c(Oc2cc(Cl)ccc2Cl)c1. The van der Waals surface area contributed by atoms with E-state index in [1.54, 1.807) is 18.2 Å². The molecule has 0 saturated heterocycles. The fraction of sp³-hybridized carbons (Fsp3) is 0.294. The Kier molecular flexibility index (Phi) is 5.92. The summed E-state index contributed by atoms with van der Waals surface area (Å²) in [7, 11) is 0. The summed E-state index contributed by atoms with van der Waals surface area (Å²) in [5.74, 6) is 1.38. The van der Waals surface area contributed by atoms with E-state index in [9.17, 15) is 0 Å². The van der Waals surface area contributed by atoms with Gasteiger partial charge in [0, 0.05) is 17.6 Å². The molecule has 0 fully saturated rings. The molecule has 0 aliphatic heterocycles. The molecule has 0 saturated carbocycles. The van der Waals surface area contributed by atoms with E-state index in [0.717, 1.165) is 30.8 Å². The molecule has 0 spiro atoms. The average molecular weight is 324 g/mol. The highest BCUT2D eigenvalue weighted by Gasteiger charge is 2.07. The van der Waals surface area contributed by atoms with Crippen LogP contribution in [0.4, 0.5) is 0 Å². The van der Waals surface area contributed by atoms with E-state index < -0.39 is 0 Å². The molecule has 0 aliphatic rings. The lowest BCUT2D eigenvalue weighted by atomic mass is 10.1. The van der Waals surface area contributed by atoms with Crippen molar-refractivity contribution in [2.45, 2.75) is 26.8 Å². The van der Waals surface area contributed by atoms with Crippen molar-refractivity contribution >= 4 is 23.2 Å². The number of hydrogen-bond acceptors (Lipinski definition) is 2. The van der Waals surface area contributed by atoms with Gasteiger partial charge in [0.25, 0.3) is 0 Å². The first-order valence-electron chi connectivity index (χ1n) is 7.03. The summed E-state index contributed by atoms with van der Waals surface area (Å²) in [6.07, 6.45) is 1.12. The molecule has 0 aromatic heterocycles. The quantitative estimate of drug-likeness (QED) is 0.699. The van der Waals surface area contributed by atoms with Gasteiger partial charge < -0.3 is 10.1 Å². The van der Waals surface area contributed by atoms with E-state index in [0.29, 0.717) is 15.8 Å². The number of benzene rings is 2. The molecule has 2 rings (SSSR count). The Morgan fingerprint density at radius 2 is 1.86 bits per heavy atom. The molecular formula is C17H19Cl2NO. The van der Waals surface area contributed by atoms with E-state index in [-0.39, 0.29) is 0 Å². The first-order chi connectivity index (χ1) is 10.1. The smallest absolute Gasteiger partial charge is 0.147 e. The highest BCUT2D eigenvalue weighted by atomic mass is 35.5. The summed E-state index contributed by atoms with van der Waals surface area (Å²) < 4.78 is 5.92. The molecule has 0 radical (unpaired) electrons. The van der Waals surface area contributed by atoms with Gasteiger partial charge in [0.1, 0.15) is 11.5 Å². The molecule has 112 valence electrons. The minimum Gasteiger partial charge on any atom is -0.455 e. The minimum atomic E-state index is 0.549. The zero-order valence-corrected chi connectivity index (χ0v) is 13.8. The van der Waals surface area contributed by atoms with Gasteiger partial charge in [-0.1, -0.05) is 42.3 Å². The van der Waals surface area contributed by atoms with Crippen LogP contribution in [-0.2, 0) is 6.54 Å². The van der Waals surface area contributed by atoms with Crippen molar-refractivity contribution in [3.05, 3.63) is 57.6 Å². The van der Waals surface area contributed by atoms with Crippen LogP contribution in [-0.4, -0.2) is 6.54 Å². The van der Waals surface area contributed by atoms with E-state index in [1.807, 2.05) is 13.0 Å². The Morgan fingerprint density at radius 1 is 1.05 bits per heavy atom. The number of rotatable bonds is 6. The van der Waals surface area contributed by atoms with Gasteiger partial charge in [-0.05, 0) is 49.2 Å². The maximum Gasteiger partial charge on any atom is 0.147 e. The second-order valence-corrected chi connectivity index (χ2v) is 5.80. The summed E-state index contributed by atoms with van der Waals surface area (Å²) >= 11 is 12.1. The van der Waals surface area contributed by atoms with Gasteiger partial charge in [-0.2, -0.15) is 0 Å². The summed E-state index contributed by atoms with van der Waals surface area (Å²) in [5, 5.41) is 4.53. The van der Waals surface area contributed by atoms with Gasteiger partial charge >= 0.3 is 0 Å². The van der Waals surface area contributed by atoms with Crippen LogP contribution >= 0.6 is 23.2 Å². The van der Waals surface area contributed by atoms with Crippen LogP contribution in [0.1, 0.15) is 24.5 Å². The normalized spacial score (nSPS) is 10.7. The molecule has 0 amide bonds. The summed E-state index contributed by atoms with van der Waals surface area (Å²) in [4.78, 5) is 0. The second-order valence-electron chi connectivity index (χ2n) is 4.95. The summed E-state index contributed by atoms with van der Waals surface area (Å²) in [6, 6.07) is 11.4. The molecular weight excluding hydrogens is 305 g/mol. The number of hydrogen-bond donors (Lipinski definition) is 1. The highest BCUT2D eigenvalue weighted by molar-refractivity contribution is 6.34. The molecule has 4 heteroatoms. The maximum absolute atomic E-state index is 6.14. The standard InChI is InChI=1S/C17H19Cl2NO/c1-3-8-20-11-13-5-4-12(2)16(9-13)21-17-10-14(18)6-7-15(17)19/h4-7,9-10,20H,3,8,11H2,1-2H3. The fourth-order valence-electron chi connectivity index (χ4n) is 1.95. The van der Waals surface area contributed by atoms with Gasteiger partial charge in [-0.15, -0.1) is 0 Å². The van der Waals surface area contributed by atoms with Crippen molar-refractivity contribution in [2.75, 3.05) is 6.54 Å². The molecule has 2 aromatic rings. The number of aryl methyl sites for hydroxylation is 1. The van der Waals surface area contributed by atoms with Crippen LogP contribution in [0.3, 0.4) is 0 Å². The molecule has 2 nitrogen and oxygen atoms in total. The molecule has 0 atom stereocenters. The van der Waals surface area contributed by atoms with Crippen LogP contribution in [0.15, 0.2) is 36.4 Å². The van der Waals surface area contributed by atoms with E-state index >= 15 is 0 Å². The van der Waals surface area contributed by atoms with E-state index in [4.69, 9.17) is 27.9 Å². The Balaban J connectivity index is 2.18. The van der Waals surface area contributed by atoms with E-state index in [1.165, 1.54) is 5.56 Å². The largest absolute Gasteiger partial charge is 0.455 e. The van der Waals surface area contributed by atoms with Gasteiger partial charge in [0.2, 0.25) is 0 Å². The summed E-state index contributed by atoms with van der Waals surface area (Å²) in [6.45, 7) is 5.99. The number of ether oxygens (including phenoxy) is 1. The first-order valence-corrected chi connectivity index (χ1v) is 7.79. The van der Waals surface area contributed by atoms with Crippen LogP contribution in [0, 0.1) is 6.92 Å². The van der Waals surface area contributed by atoms with E-state index in [2.05, 4.69) is 24.4 Å². The Morgan fingerprint density at radius 3 is 2.62 bits per heavy atom. The monoisotopic (exact) mass is 323 g/mol. The lowest BCUT2D eigenvalue weighted by Gasteiger charge is -2.12. The highest BCUT2D eigenvalue weighted by Crippen LogP contribution is 2.33. The van der Waals surface area contributed by atoms with Gasteiger partial charge in [-0.25, -0.2) is 0 Å². The lowest BCUT2D eigenvalue weighted by molar-refractivity contribution is 0.478. The van der Waals surface area contributed by atoms with Crippen LogP contribution in [0.5, 0.6) is 11.5 Å². The van der Waals surface area contributed by atoms with Crippen molar-refractivity contribution in [3.8, 4) is 11.5 Å². The topological polar surface area (TPSA) is 21.3 Å². The Bertz CT molecular complexity index is 614. The van der Waals surface area contributed by atoms with Crippen molar-refractivity contribution < 1.29 is 4.74 Å². The van der Waals surface area contributed by atoms with Crippen molar-refractivity contribution in [2.24, 2.45) is 0 Å². The van der Waals surface area contributed by atoms with Crippen molar-refractivity contribution in [3.63, 3.8) is 0 Å². The second kappa shape index (κ2) is 7.69. The average Bonchev–Trinajstić information content (AvgIpc) is 2.46. The minimum absolute atomic E-state index is 0.549. The lowest BCUT2D eigenvalue weighted by Crippen LogP contribution is -2.13. The predicted octanol–water partition coefficient (Wildman–Crippen LogP) is 5.59. The van der Waals surface area contributed by atoms with Crippen LogP contribution in [0.25, 0.3) is 0 Å².